The van der Waals surface area contributed by atoms with Crippen LogP contribution >= 0.6 is 0 Å². The SMILES string of the molecule is COc1cc2c(cc1OC)-c1cc(OC)c(OC)c3ccnc(c13)C2=O. The predicted octanol–water partition coefficient (Wildman–Crippen LogP) is 3.48. The number of ketones is 1. The Morgan fingerprint density at radius 2 is 1.38 bits per heavy atom. The first-order valence-corrected chi connectivity index (χ1v) is 7.99. The van der Waals surface area contributed by atoms with Crippen molar-refractivity contribution >= 4 is 16.6 Å². The summed E-state index contributed by atoms with van der Waals surface area (Å²) in [5, 5.41) is 1.52. The Labute approximate surface area is 150 Å². The molecule has 6 nitrogen and oxygen atoms in total. The molecule has 0 aliphatic heterocycles. The van der Waals surface area contributed by atoms with Gasteiger partial charge in [0.2, 0.25) is 5.78 Å². The van der Waals surface area contributed by atoms with Gasteiger partial charge in [-0.05, 0) is 35.4 Å². The zero-order chi connectivity index (χ0) is 18.4. The third kappa shape index (κ3) is 2.05. The van der Waals surface area contributed by atoms with Gasteiger partial charge in [-0.25, -0.2) is 0 Å². The van der Waals surface area contributed by atoms with Gasteiger partial charge in [-0.15, -0.1) is 0 Å². The molecule has 4 rings (SSSR count). The standard InChI is InChI=1S/C20H17NO5/c1-23-14-7-11-12-8-16(25-3)20(26-4)10-5-6-21-18(17(10)12)19(22)13(11)9-15(14)24-2/h5-9H,1-4H3. The highest BCUT2D eigenvalue weighted by Crippen LogP contribution is 2.48. The maximum absolute atomic E-state index is 13.1. The van der Waals surface area contributed by atoms with E-state index in [4.69, 9.17) is 18.9 Å². The number of hydrogen-bond donors (Lipinski definition) is 0. The molecule has 26 heavy (non-hydrogen) atoms. The van der Waals surface area contributed by atoms with E-state index >= 15 is 0 Å². The maximum Gasteiger partial charge on any atom is 0.212 e. The van der Waals surface area contributed by atoms with E-state index in [2.05, 4.69) is 4.98 Å². The Morgan fingerprint density at radius 1 is 0.769 bits per heavy atom. The van der Waals surface area contributed by atoms with Crippen molar-refractivity contribution in [1.29, 1.82) is 0 Å². The van der Waals surface area contributed by atoms with Crippen molar-refractivity contribution in [3.05, 3.63) is 41.7 Å². The highest BCUT2D eigenvalue weighted by atomic mass is 16.5. The van der Waals surface area contributed by atoms with Gasteiger partial charge in [0, 0.05) is 22.5 Å². The predicted molar refractivity (Wildman–Crippen MR) is 96.8 cm³/mol. The lowest BCUT2D eigenvalue weighted by atomic mass is 9.84. The van der Waals surface area contributed by atoms with Crippen LogP contribution in [0, 0.1) is 0 Å². The summed E-state index contributed by atoms with van der Waals surface area (Å²) < 4.78 is 21.8. The summed E-state index contributed by atoms with van der Waals surface area (Å²) in [7, 11) is 6.27. The summed E-state index contributed by atoms with van der Waals surface area (Å²) in [6, 6.07) is 7.19. The second-order valence-corrected chi connectivity index (χ2v) is 5.82. The number of nitrogens with zero attached hydrogens (tertiary/aromatic N) is 1. The summed E-state index contributed by atoms with van der Waals surface area (Å²) in [4.78, 5) is 17.4. The number of aromatic nitrogens is 1. The van der Waals surface area contributed by atoms with Gasteiger partial charge in [0.25, 0.3) is 0 Å². The average molecular weight is 351 g/mol. The van der Waals surface area contributed by atoms with Crippen molar-refractivity contribution in [2.75, 3.05) is 28.4 Å². The minimum Gasteiger partial charge on any atom is -0.493 e. The van der Waals surface area contributed by atoms with Crippen molar-refractivity contribution < 1.29 is 23.7 Å². The van der Waals surface area contributed by atoms with Gasteiger partial charge in [0.05, 0.1) is 28.4 Å². The third-order valence-electron chi connectivity index (χ3n) is 4.66. The number of carbonyl (C=O) groups excluding carboxylic acids is 1. The number of methoxy groups -OCH3 is 4. The van der Waals surface area contributed by atoms with Crippen LogP contribution < -0.4 is 18.9 Å². The monoisotopic (exact) mass is 351 g/mol. The minimum atomic E-state index is -0.161. The Hall–Kier alpha value is -3.28. The number of benzene rings is 2. The van der Waals surface area contributed by atoms with Crippen molar-refractivity contribution in [3.63, 3.8) is 0 Å². The second-order valence-electron chi connectivity index (χ2n) is 5.82. The van der Waals surface area contributed by atoms with Crippen LogP contribution in [0.25, 0.3) is 21.9 Å². The molecule has 132 valence electrons. The molecule has 6 heteroatoms. The zero-order valence-electron chi connectivity index (χ0n) is 14.9. The molecule has 1 heterocycles. The van der Waals surface area contributed by atoms with E-state index in [1.807, 2.05) is 18.2 Å². The van der Waals surface area contributed by atoms with Gasteiger partial charge < -0.3 is 18.9 Å². The molecular weight excluding hydrogens is 334 g/mol. The van der Waals surface area contributed by atoms with E-state index in [9.17, 15) is 4.79 Å². The first kappa shape index (κ1) is 16.2. The van der Waals surface area contributed by atoms with Crippen molar-refractivity contribution in [1.82, 2.24) is 4.98 Å². The fraction of sp³-hybridized carbons (Fsp3) is 0.200. The Morgan fingerprint density at radius 3 is 2.00 bits per heavy atom. The lowest BCUT2D eigenvalue weighted by Gasteiger charge is -2.23. The largest absolute Gasteiger partial charge is 0.493 e. The fourth-order valence-electron chi connectivity index (χ4n) is 3.49. The third-order valence-corrected chi connectivity index (χ3v) is 4.66. The van der Waals surface area contributed by atoms with Crippen molar-refractivity contribution in [2.24, 2.45) is 0 Å². The molecule has 0 bridgehead atoms. The van der Waals surface area contributed by atoms with E-state index in [1.54, 1.807) is 40.7 Å². The number of hydrogen-bond acceptors (Lipinski definition) is 6. The molecule has 0 saturated heterocycles. The zero-order valence-corrected chi connectivity index (χ0v) is 14.9. The molecule has 0 unspecified atom stereocenters. The molecule has 2 aromatic carbocycles. The maximum atomic E-state index is 13.1. The average Bonchev–Trinajstić information content (AvgIpc) is 2.69. The first-order chi connectivity index (χ1) is 12.6. The number of rotatable bonds is 4. The van der Waals surface area contributed by atoms with Gasteiger partial charge >= 0.3 is 0 Å². The van der Waals surface area contributed by atoms with E-state index in [0.29, 0.717) is 34.3 Å². The van der Waals surface area contributed by atoms with Gasteiger partial charge in [-0.3, -0.25) is 9.78 Å². The summed E-state index contributed by atoms with van der Waals surface area (Å²) >= 11 is 0. The summed E-state index contributed by atoms with van der Waals surface area (Å²) in [6.07, 6.45) is 1.60. The van der Waals surface area contributed by atoms with Crippen LogP contribution in [0.15, 0.2) is 30.5 Å². The summed E-state index contributed by atoms with van der Waals surface area (Å²) in [6.45, 7) is 0. The Kier molecular flexibility index (Phi) is 3.68. The molecule has 0 saturated carbocycles. The second kappa shape index (κ2) is 5.91. The summed E-state index contributed by atoms with van der Waals surface area (Å²) in [5.41, 5.74) is 2.50. The molecular formula is C20H17NO5. The van der Waals surface area contributed by atoms with Crippen LogP contribution in [0.1, 0.15) is 16.1 Å². The lowest BCUT2D eigenvalue weighted by Crippen LogP contribution is -2.13. The topological polar surface area (TPSA) is 66.9 Å². The van der Waals surface area contributed by atoms with Gasteiger partial charge in [-0.1, -0.05) is 0 Å². The van der Waals surface area contributed by atoms with E-state index in [1.165, 1.54) is 0 Å². The number of ether oxygens (including phenoxy) is 4. The minimum absolute atomic E-state index is 0.161. The molecule has 1 aromatic heterocycles. The van der Waals surface area contributed by atoms with Crippen LogP contribution in [0.5, 0.6) is 23.0 Å². The first-order valence-electron chi connectivity index (χ1n) is 7.99. The van der Waals surface area contributed by atoms with Crippen molar-refractivity contribution in [3.8, 4) is 34.1 Å². The van der Waals surface area contributed by atoms with E-state index in [-0.39, 0.29) is 5.78 Å². The number of pyridine rings is 1. The Balaban J connectivity index is 2.17. The highest BCUT2D eigenvalue weighted by Gasteiger charge is 2.30. The molecule has 1 aliphatic carbocycles. The van der Waals surface area contributed by atoms with Gasteiger partial charge in [0.15, 0.2) is 23.0 Å². The van der Waals surface area contributed by atoms with Crippen LogP contribution in [0.3, 0.4) is 0 Å². The molecule has 0 spiro atoms. The Bertz CT molecular complexity index is 1060. The number of fused-ring (bicyclic) bond motifs is 2. The van der Waals surface area contributed by atoms with Gasteiger partial charge in [-0.2, -0.15) is 0 Å². The fourth-order valence-corrected chi connectivity index (χ4v) is 3.49. The summed E-state index contributed by atoms with van der Waals surface area (Å²) in [5.74, 6) is 2.05. The molecule has 0 fully saturated rings. The van der Waals surface area contributed by atoms with E-state index < -0.39 is 0 Å². The number of carbonyl (C=O) groups is 1. The highest BCUT2D eigenvalue weighted by molar-refractivity contribution is 6.26. The molecule has 0 N–H and O–H groups in total. The van der Waals surface area contributed by atoms with Gasteiger partial charge in [0.1, 0.15) is 5.69 Å². The van der Waals surface area contributed by atoms with Crippen LogP contribution in [0.2, 0.25) is 0 Å². The normalized spacial score (nSPS) is 11.9. The molecule has 0 amide bonds. The lowest BCUT2D eigenvalue weighted by molar-refractivity contribution is 0.103. The van der Waals surface area contributed by atoms with Crippen LogP contribution in [0.4, 0.5) is 0 Å². The smallest absolute Gasteiger partial charge is 0.212 e. The molecule has 0 atom stereocenters. The van der Waals surface area contributed by atoms with Crippen LogP contribution in [-0.2, 0) is 0 Å². The van der Waals surface area contributed by atoms with Crippen molar-refractivity contribution in [2.45, 2.75) is 0 Å². The molecule has 0 radical (unpaired) electrons. The quantitative estimate of drug-likeness (QED) is 0.561. The molecule has 3 aromatic rings. The molecule has 1 aliphatic rings. The van der Waals surface area contributed by atoms with E-state index in [0.717, 1.165) is 21.9 Å². The van der Waals surface area contributed by atoms with Crippen LogP contribution in [-0.4, -0.2) is 39.2 Å².